The van der Waals surface area contributed by atoms with Gasteiger partial charge in [0.1, 0.15) is 0 Å². The molecule has 0 spiro atoms. The summed E-state index contributed by atoms with van der Waals surface area (Å²) in [4.78, 5) is 0. The molecule has 0 aromatic heterocycles. The Balaban J connectivity index is -0.000000355. The first-order valence-electron chi connectivity index (χ1n) is 23.9. The third kappa shape index (κ3) is 36.3. The molecule has 1 aliphatic carbocycles. The highest BCUT2D eigenvalue weighted by atomic mass is 14.4. The lowest BCUT2D eigenvalue weighted by Crippen LogP contribution is -2.29. The Kier molecular flexibility index (Phi) is 45.5. The third-order valence-electron chi connectivity index (χ3n) is 12.3. The molecule has 6 unspecified atom stereocenters. The van der Waals surface area contributed by atoms with Crippen molar-refractivity contribution in [1.82, 2.24) is 0 Å². The second-order valence-electron chi connectivity index (χ2n) is 17.7. The fraction of sp³-hybridized carbons (Fsp3) is 0.815. The average molecular weight is 755 g/mol. The second kappa shape index (κ2) is 41.3. The van der Waals surface area contributed by atoms with Crippen LogP contribution >= 0.6 is 0 Å². The van der Waals surface area contributed by atoms with Gasteiger partial charge in [0.25, 0.3) is 0 Å². The summed E-state index contributed by atoms with van der Waals surface area (Å²) in [6.07, 6.45) is 39.5. The maximum atomic E-state index is 3.81. The molecule has 0 radical (unpaired) electrons. The van der Waals surface area contributed by atoms with Gasteiger partial charge in [-0.2, -0.15) is 0 Å². The van der Waals surface area contributed by atoms with E-state index < -0.39 is 0 Å². The van der Waals surface area contributed by atoms with Crippen molar-refractivity contribution in [2.75, 3.05) is 0 Å². The standard InChI is InChI=1S/C25H46.C11H20.C9H18.C7H16.C2H6/c1-9-10-12-21(5)25(7,8)22(6)13-11-14-24(19(2)3)18-20(4)17-23-15-16-23;1-4-7-8-10-11(6-3)9-5-2;1-4-7-9(6-3)8-5-2;1-4-6-7(3)5-2;1-2/h15-17,19,21-24H,9-14,18H2,1-8H3;5-6,11H,2-4,7-10H2,1H3;4,7,9H,5-6,8H2,1-3H3;7H,4-6H2,1-3H3;1-2H3/b20-17+;;;;. The Hall–Kier alpha value is -1.30. The Labute approximate surface area is 346 Å². The summed E-state index contributed by atoms with van der Waals surface area (Å²) in [6, 6.07) is 0. The highest BCUT2D eigenvalue weighted by Gasteiger charge is 2.31. The molecule has 54 heavy (non-hydrogen) atoms. The first-order valence-corrected chi connectivity index (χ1v) is 23.9. The van der Waals surface area contributed by atoms with Crippen molar-refractivity contribution in [2.24, 2.45) is 52.8 Å². The molecule has 0 heterocycles. The van der Waals surface area contributed by atoms with Crippen molar-refractivity contribution in [1.29, 1.82) is 0 Å². The Morgan fingerprint density at radius 3 is 1.61 bits per heavy atom. The van der Waals surface area contributed by atoms with Crippen LogP contribution in [0.5, 0.6) is 0 Å². The Bertz CT molecular complexity index is 858. The maximum absolute atomic E-state index is 3.81. The lowest BCUT2D eigenvalue weighted by Gasteiger charge is -2.38. The van der Waals surface area contributed by atoms with E-state index in [4.69, 9.17) is 0 Å². The van der Waals surface area contributed by atoms with E-state index in [9.17, 15) is 0 Å². The summed E-state index contributed by atoms with van der Waals surface area (Å²) >= 11 is 0. The molecular formula is C54H106. The molecule has 0 N–H and O–H groups in total. The summed E-state index contributed by atoms with van der Waals surface area (Å²) < 4.78 is 0. The first kappa shape index (κ1) is 59.4. The van der Waals surface area contributed by atoms with Gasteiger partial charge in [-0.05, 0) is 99.2 Å². The van der Waals surface area contributed by atoms with Crippen molar-refractivity contribution in [2.45, 2.75) is 233 Å². The first-order chi connectivity index (χ1) is 25.7. The van der Waals surface area contributed by atoms with Crippen molar-refractivity contribution in [3.05, 3.63) is 61.3 Å². The molecule has 0 aromatic carbocycles. The normalized spacial score (nSPS) is 15.9. The molecular weight excluding hydrogens is 649 g/mol. The van der Waals surface area contributed by atoms with E-state index in [2.05, 4.69) is 153 Å². The minimum Gasteiger partial charge on any atom is -0.103 e. The molecule has 0 bridgehead atoms. The molecule has 0 heteroatoms. The molecule has 1 rings (SSSR count). The van der Waals surface area contributed by atoms with E-state index in [1.165, 1.54) is 109 Å². The van der Waals surface area contributed by atoms with Crippen molar-refractivity contribution < 1.29 is 0 Å². The summed E-state index contributed by atoms with van der Waals surface area (Å²) in [6.45, 7) is 46.6. The molecule has 0 nitrogen and oxygen atoms in total. The van der Waals surface area contributed by atoms with Crippen LogP contribution in [0.2, 0.25) is 0 Å². The zero-order valence-corrected chi connectivity index (χ0v) is 40.8. The molecule has 322 valence electrons. The van der Waals surface area contributed by atoms with E-state index >= 15 is 0 Å². The number of allylic oxidation sites excluding steroid dienone is 8. The van der Waals surface area contributed by atoms with Gasteiger partial charge < -0.3 is 0 Å². The van der Waals surface area contributed by atoms with Crippen LogP contribution in [-0.2, 0) is 0 Å². The van der Waals surface area contributed by atoms with Crippen LogP contribution in [0.1, 0.15) is 233 Å². The van der Waals surface area contributed by atoms with Crippen LogP contribution in [-0.4, -0.2) is 0 Å². The quantitative estimate of drug-likeness (QED) is 0.0579. The zero-order valence-electron chi connectivity index (χ0n) is 40.8. The predicted octanol–water partition coefficient (Wildman–Crippen LogP) is 19.6. The summed E-state index contributed by atoms with van der Waals surface area (Å²) in [5.74, 6) is 6.42. The molecule has 0 fully saturated rings. The average Bonchev–Trinajstić information content (AvgIpc) is 3.98. The van der Waals surface area contributed by atoms with Gasteiger partial charge in [0.15, 0.2) is 0 Å². The van der Waals surface area contributed by atoms with Crippen LogP contribution in [0.15, 0.2) is 61.3 Å². The fourth-order valence-electron chi connectivity index (χ4n) is 7.06. The minimum absolute atomic E-state index is 0.468. The Morgan fingerprint density at radius 1 is 0.667 bits per heavy atom. The van der Waals surface area contributed by atoms with Crippen molar-refractivity contribution in [3.63, 3.8) is 0 Å². The highest BCUT2D eigenvalue weighted by Crippen LogP contribution is 2.41. The van der Waals surface area contributed by atoms with Crippen LogP contribution in [0.25, 0.3) is 0 Å². The van der Waals surface area contributed by atoms with Crippen molar-refractivity contribution >= 4 is 0 Å². The van der Waals surface area contributed by atoms with E-state index in [0.29, 0.717) is 17.3 Å². The smallest absolute Gasteiger partial charge is 0.0130 e. The van der Waals surface area contributed by atoms with Gasteiger partial charge in [-0.3, -0.25) is 0 Å². The van der Waals surface area contributed by atoms with E-state index in [0.717, 1.165) is 41.9 Å². The van der Waals surface area contributed by atoms with Gasteiger partial charge in [-0.15, -0.1) is 13.2 Å². The molecule has 0 aromatic rings. The van der Waals surface area contributed by atoms with Crippen molar-refractivity contribution in [3.8, 4) is 0 Å². The summed E-state index contributed by atoms with van der Waals surface area (Å²) in [5, 5.41) is 0. The van der Waals surface area contributed by atoms with Crippen LogP contribution in [0.4, 0.5) is 0 Å². The third-order valence-corrected chi connectivity index (χ3v) is 12.3. The van der Waals surface area contributed by atoms with E-state index in [1.807, 2.05) is 19.9 Å². The minimum atomic E-state index is 0.468. The molecule has 1 aliphatic rings. The monoisotopic (exact) mass is 755 g/mol. The SMILES string of the molecule is C=CCC(C=C)CCCCC.CC.CC=CC(CC)CCC.CCCC(C)CC.CCCCC(C)C(C)(C)C(C)CCCC(C/C(C)=C/C1C=C1)C(C)C. The van der Waals surface area contributed by atoms with Gasteiger partial charge in [0, 0.05) is 5.92 Å². The molecule has 6 atom stereocenters. The predicted molar refractivity (Wildman–Crippen MR) is 257 cm³/mol. The molecule has 0 saturated heterocycles. The summed E-state index contributed by atoms with van der Waals surface area (Å²) in [7, 11) is 0. The molecule has 0 aliphatic heterocycles. The highest BCUT2D eigenvalue weighted by molar-refractivity contribution is 5.25. The van der Waals surface area contributed by atoms with Gasteiger partial charge in [0.05, 0.1) is 0 Å². The molecule has 0 amide bonds. The summed E-state index contributed by atoms with van der Waals surface area (Å²) in [5.41, 5.74) is 2.06. The number of hydrogen-bond acceptors (Lipinski definition) is 0. The van der Waals surface area contributed by atoms with Crippen LogP contribution < -0.4 is 0 Å². The van der Waals surface area contributed by atoms with Crippen LogP contribution in [0.3, 0.4) is 0 Å². The van der Waals surface area contributed by atoms with E-state index in [-0.39, 0.29) is 0 Å². The number of rotatable bonds is 27. The Morgan fingerprint density at radius 2 is 1.22 bits per heavy atom. The number of unbranched alkanes of at least 4 members (excludes halogenated alkanes) is 3. The largest absolute Gasteiger partial charge is 0.103 e. The second-order valence-corrected chi connectivity index (χ2v) is 17.7. The van der Waals surface area contributed by atoms with E-state index in [1.54, 1.807) is 5.57 Å². The fourth-order valence-corrected chi connectivity index (χ4v) is 7.06. The van der Waals surface area contributed by atoms with Crippen LogP contribution in [0, 0.1) is 52.8 Å². The molecule has 0 saturated carbocycles. The van der Waals surface area contributed by atoms with Gasteiger partial charge in [0.2, 0.25) is 0 Å². The van der Waals surface area contributed by atoms with Gasteiger partial charge in [-0.1, -0.05) is 229 Å². The number of hydrogen-bond donors (Lipinski definition) is 0. The lowest BCUT2D eigenvalue weighted by atomic mass is 9.67. The topological polar surface area (TPSA) is 0 Å². The zero-order chi connectivity index (χ0) is 42.4. The maximum Gasteiger partial charge on any atom is 0.0130 e. The lowest BCUT2D eigenvalue weighted by molar-refractivity contribution is 0.117. The van der Waals surface area contributed by atoms with Gasteiger partial charge in [-0.25, -0.2) is 0 Å². The van der Waals surface area contributed by atoms with Gasteiger partial charge >= 0.3 is 0 Å².